The fourth-order valence-corrected chi connectivity index (χ4v) is 2.71. The predicted molar refractivity (Wildman–Crippen MR) is 59.6 cm³/mol. The minimum Gasteiger partial charge on any atom is -0.385 e. The van der Waals surface area contributed by atoms with Gasteiger partial charge in [0.1, 0.15) is 24.9 Å². The Morgan fingerprint density at radius 1 is 1.00 bits per heavy atom. The van der Waals surface area contributed by atoms with Gasteiger partial charge in [-0.2, -0.15) is 0 Å². The Labute approximate surface area is 106 Å². The SMILES string of the molecule is CC1(C)OC[C@@H]2OC3(COC(C)(C)O3)[C@H](O)C2O1. The average molecular weight is 260 g/mol. The lowest BCUT2D eigenvalue weighted by Crippen LogP contribution is -2.52. The fourth-order valence-electron chi connectivity index (χ4n) is 2.71. The van der Waals surface area contributed by atoms with Gasteiger partial charge in [0.25, 0.3) is 0 Å². The number of hydrogen-bond donors (Lipinski definition) is 1. The lowest BCUT2D eigenvalue weighted by molar-refractivity contribution is -0.303. The van der Waals surface area contributed by atoms with E-state index in [0.29, 0.717) is 6.61 Å². The predicted octanol–water partition coefficient (Wildman–Crippen LogP) is 0.377. The van der Waals surface area contributed by atoms with Crippen LogP contribution in [0.3, 0.4) is 0 Å². The van der Waals surface area contributed by atoms with E-state index in [4.69, 9.17) is 23.7 Å². The first-order chi connectivity index (χ1) is 8.23. The number of ether oxygens (including phenoxy) is 5. The molecule has 0 aromatic rings. The van der Waals surface area contributed by atoms with Crippen molar-refractivity contribution >= 4 is 0 Å². The first-order valence-corrected chi connectivity index (χ1v) is 6.25. The van der Waals surface area contributed by atoms with Crippen LogP contribution in [0.1, 0.15) is 27.7 Å². The molecule has 3 saturated heterocycles. The van der Waals surface area contributed by atoms with Crippen molar-refractivity contribution in [3.05, 3.63) is 0 Å². The number of aliphatic hydroxyl groups excluding tert-OH is 1. The highest BCUT2D eigenvalue weighted by molar-refractivity contribution is 5.02. The van der Waals surface area contributed by atoms with E-state index < -0.39 is 29.6 Å². The minimum absolute atomic E-state index is 0.192. The van der Waals surface area contributed by atoms with E-state index in [2.05, 4.69) is 0 Å². The van der Waals surface area contributed by atoms with Crippen molar-refractivity contribution in [3.8, 4) is 0 Å². The maximum absolute atomic E-state index is 10.4. The maximum atomic E-state index is 10.4. The first kappa shape index (κ1) is 12.8. The molecule has 4 atom stereocenters. The summed E-state index contributed by atoms with van der Waals surface area (Å²) in [6.07, 6.45) is -1.66. The largest absolute Gasteiger partial charge is 0.385 e. The van der Waals surface area contributed by atoms with Crippen LogP contribution >= 0.6 is 0 Å². The van der Waals surface area contributed by atoms with Gasteiger partial charge in [0.2, 0.25) is 5.79 Å². The Bertz CT molecular complexity index is 352. The first-order valence-electron chi connectivity index (χ1n) is 6.25. The molecule has 1 N–H and O–H groups in total. The summed E-state index contributed by atoms with van der Waals surface area (Å²) in [5.41, 5.74) is 0. The number of rotatable bonds is 0. The molecule has 6 nitrogen and oxygen atoms in total. The van der Waals surface area contributed by atoms with Crippen LogP contribution in [0.25, 0.3) is 0 Å². The third-order valence-corrected chi connectivity index (χ3v) is 3.53. The van der Waals surface area contributed by atoms with E-state index in [-0.39, 0.29) is 12.7 Å². The van der Waals surface area contributed by atoms with E-state index >= 15 is 0 Å². The van der Waals surface area contributed by atoms with Gasteiger partial charge < -0.3 is 28.8 Å². The molecule has 3 aliphatic heterocycles. The Balaban J connectivity index is 1.82. The van der Waals surface area contributed by atoms with Crippen molar-refractivity contribution < 1.29 is 28.8 Å². The van der Waals surface area contributed by atoms with E-state index in [1.54, 1.807) is 13.8 Å². The minimum atomic E-state index is -1.14. The zero-order chi connectivity index (χ0) is 13.2. The summed E-state index contributed by atoms with van der Waals surface area (Å²) < 4.78 is 28.3. The lowest BCUT2D eigenvalue weighted by Gasteiger charge is -2.37. The Hall–Kier alpha value is -0.240. The molecule has 104 valence electrons. The molecule has 0 aromatic heterocycles. The van der Waals surface area contributed by atoms with Crippen molar-refractivity contribution in [2.75, 3.05) is 13.2 Å². The van der Waals surface area contributed by atoms with Crippen LogP contribution in [0, 0.1) is 0 Å². The van der Waals surface area contributed by atoms with Crippen LogP contribution in [-0.2, 0) is 23.7 Å². The van der Waals surface area contributed by atoms with E-state index in [1.807, 2.05) is 13.8 Å². The fraction of sp³-hybridized carbons (Fsp3) is 1.00. The van der Waals surface area contributed by atoms with Crippen LogP contribution in [0.15, 0.2) is 0 Å². The second-order valence-electron chi connectivity index (χ2n) is 6.00. The molecule has 3 aliphatic rings. The summed E-state index contributed by atoms with van der Waals surface area (Å²) in [4.78, 5) is 0. The zero-order valence-corrected chi connectivity index (χ0v) is 11.1. The number of hydrogen-bond acceptors (Lipinski definition) is 6. The van der Waals surface area contributed by atoms with Gasteiger partial charge in [0.15, 0.2) is 11.6 Å². The Kier molecular flexibility index (Phi) is 2.59. The summed E-state index contributed by atoms with van der Waals surface area (Å²) in [5, 5.41) is 10.4. The Morgan fingerprint density at radius 3 is 2.33 bits per heavy atom. The van der Waals surface area contributed by atoms with Gasteiger partial charge in [0.05, 0.1) is 6.61 Å². The molecular formula is C12H20O6. The van der Waals surface area contributed by atoms with Crippen molar-refractivity contribution in [1.29, 1.82) is 0 Å². The van der Waals surface area contributed by atoms with E-state index in [9.17, 15) is 5.11 Å². The van der Waals surface area contributed by atoms with Crippen molar-refractivity contribution in [1.82, 2.24) is 0 Å². The quantitative estimate of drug-likeness (QED) is 0.679. The third-order valence-electron chi connectivity index (χ3n) is 3.53. The van der Waals surface area contributed by atoms with Crippen LogP contribution in [0.2, 0.25) is 0 Å². The highest BCUT2D eigenvalue weighted by Crippen LogP contribution is 2.45. The molecule has 3 heterocycles. The summed E-state index contributed by atoms with van der Waals surface area (Å²) >= 11 is 0. The summed E-state index contributed by atoms with van der Waals surface area (Å²) in [5.74, 6) is -2.61. The Morgan fingerprint density at radius 2 is 1.72 bits per heavy atom. The number of aliphatic hydroxyl groups is 1. The van der Waals surface area contributed by atoms with E-state index in [1.165, 1.54) is 0 Å². The molecular weight excluding hydrogens is 240 g/mol. The van der Waals surface area contributed by atoms with E-state index in [0.717, 1.165) is 0 Å². The van der Waals surface area contributed by atoms with Crippen molar-refractivity contribution in [2.24, 2.45) is 0 Å². The molecule has 1 spiro atoms. The van der Waals surface area contributed by atoms with Crippen LogP contribution < -0.4 is 0 Å². The second-order valence-corrected chi connectivity index (χ2v) is 6.00. The molecule has 2 unspecified atom stereocenters. The van der Waals surface area contributed by atoms with Gasteiger partial charge in [-0.05, 0) is 27.7 Å². The van der Waals surface area contributed by atoms with Crippen LogP contribution in [0.5, 0.6) is 0 Å². The lowest BCUT2D eigenvalue weighted by atomic mass is 10.0. The topological polar surface area (TPSA) is 66.4 Å². The monoisotopic (exact) mass is 260 g/mol. The molecule has 3 rings (SSSR count). The standard InChI is InChI=1S/C12H20O6/c1-10(2)14-5-7-8(17-10)9(13)12(16-7)6-15-11(3,4)18-12/h7-9,13H,5-6H2,1-4H3/t7-,8?,9+,12?/m0/s1. The van der Waals surface area contributed by atoms with Crippen LogP contribution in [-0.4, -0.2) is 54.0 Å². The molecule has 0 aromatic carbocycles. The summed E-state index contributed by atoms with van der Waals surface area (Å²) in [6, 6.07) is 0. The van der Waals surface area contributed by atoms with Crippen molar-refractivity contribution in [3.63, 3.8) is 0 Å². The zero-order valence-electron chi connectivity index (χ0n) is 11.1. The molecule has 3 fully saturated rings. The van der Waals surface area contributed by atoms with Gasteiger partial charge in [-0.25, -0.2) is 0 Å². The van der Waals surface area contributed by atoms with Crippen molar-refractivity contribution in [2.45, 2.75) is 63.4 Å². The van der Waals surface area contributed by atoms with Gasteiger partial charge >= 0.3 is 0 Å². The average Bonchev–Trinajstić information content (AvgIpc) is 2.68. The summed E-state index contributed by atoms with van der Waals surface area (Å²) in [7, 11) is 0. The molecule has 18 heavy (non-hydrogen) atoms. The van der Waals surface area contributed by atoms with Gasteiger partial charge in [0, 0.05) is 0 Å². The highest BCUT2D eigenvalue weighted by Gasteiger charge is 2.64. The second kappa shape index (κ2) is 3.65. The summed E-state index contributed by atoms with van der Waals surface area (Å²) in [6.45, 7) is 7.79. The normalized spacial score (nSPS) is 49.5. The molecule has 0 bridgehead atoms. The highest BCUT2D eigenvalue weighted by atomic mass is 16.9. The molecule has 0 radical (unpaired) electrons. The molecule has 0 saturated carbocycles. The number of fused-ring (bicyclic) bond motifs is 1. The van der Waals surface area contributed by atoms with Gasteiger partial charge in [-0.15, -0.1) is 0 Å². The van der Waals surface area contributed by atoms with Gasteiger partial charge in [-0.3, -0.25) is 0 Å². The van der Waals surface area contributed by atoms with Crippen LogP contribution in [0.4, 0.5) is 0 Å². The molecule has 6 heteroatoms. The smallest absolute Gasteiger partial charge is 0.224 e. The molecule has 0 aliphatic carbocycles. The third kappa shape index (κ3) is 1.88. The maximum Gasteiger partial charge on any atom is 0.224 e. The molecule has 0 amide bonds. The van der Waals surface area contributed by atoms with Gasteiger partial charge in [-0.1, -0.05) is 0 Å².